The Bertz CT molecular complexity index is 159. The predicted molar refractivity (Wildman–Crippen MR) is 48.2 cm³/mol. The zero-order valence-corrected chi connectivity index (χ0v) is 7.65. The molecular formula is C8H11BrO. The molecule has 56 valence electrons. The molecule has 0 aliphatic carbocycles. The molecule has 0 amide bonds. The Morgan fingerprint density at radius 1 is 1.70 bits per heavy atom. The van der Waals surface area contributed by atoms with E-state index in [1.165, 1.54) is 0 Å². The normalized spacial score (nSPS) is 10.8. The molecule has 0 fully saturated rings. The van der Waals surface area contributed by atoms with E-state index in [-0.39, 0.29) is 0 Å². The molecule has 0 unspecified atom stereocenters. The van der Waals surface area contributed by atoms with Crippen LogP contribution in [0.25, 0.3) is 0 Å². The third-order valence-corrected chi connectivity index (χ3v) is 1.67. The van der Waals surface area contributed by atoms with Crippen LogP contribution in [-0.2, 0) is 4.74 Å². The first kappa shape index (κ1) is 9.50. The van der Waals surface area contributed by atoms with Crippen LogP contribution in [0.5, 0.6) is 0 Å². The van der Waals surface area contributed by atoms with Crippen LogP contribution in [-0.4, -0.2) is 12.4 Å². The van der Waals surface area contributed by atoms with Gasteiger partial charge in [-0.25, -0.2) is 0 Å². The first-order chi connectivity index (χ1) is 4.74. The van der Waals surface area contributed by atoms with E-state index in [9.17, 15) is 0 Å². The largest absolute Gasteiger partial charge is 0.497 e. The number of hydrogen-bond donors (Lipinski definition) is 0. The highest BCUT2D eigenvalue weighted by atomic mass is 79.9. The highest BCUT2D eigenvalue weighted by molar-refractivity contribution is 9.09. The maximum Gasteiger partial charge on any atom is 0.112 e. The summed E-state index contributed by atoms with van der Waals surface area (Å²) in [4.78, 5) is 0. The molecule has 0 atom stereocenters. The molecule has 0 radical (unpaired) electrons. The molecule has 0 aliphatic heterocycles. The number of alkyl halides is 1. The highest BCUT2D eigenvalue weighted by Crippen LogP contribution is 2.04. The molecule has 0 rings (SSSR count). The zero-order valence-electron chi connectivity index (χ0n) is 6.06. The van der Waals surface area contributed by atoms with Gasteiger partial charge in [-0.05, 0) is 11.6 Å². The number of hydrogen-bond acceptors (Lipinski definition) is 1. The first-order valence-electron chi connectivity index (χ1n) is 2.86. The monoisotopic (exact) mass is 202 g/mol. The standard InChI is InChI=1S/C8H11BrO/c1-4-8(6-9)5-7(2)10-3/h4-5H,1-2,6H2,3H3. The molecular weight excluding hydrogens is 192 g/mol. The lowest BCUT2D eigenvalue weighted by molar-refractivity contribution is 0.308. The summed E-state index contributed by atoms with van der Waals surface area (Å²) in [6, 6.07) is 0. The Morgan fingerprint density at radius 2 is 2.30 bits per heavy atom. The average Bonchev–Trinajstić information content (AvgIpc) is 1.99. The minimum Gasteiger partial charge on any atom is -0.497 e. The van der Waals surface area contributed by atoms with E-state index in [4.69, 9.17) is 4.74 Å². The molecule has 0 spiro atoms. The van der Waals surface area contributed by atoms with Crippen molar-refractivity contribution < 1.29 is 4.74 Å². The molecule has 0 aromatic heterocycles. The summed E-state index contributed by atoms with van der Waals surface area (Å²) in [6.45, 7) is 7.27. The highest BCUT2D eigenvalue weighted by Gasteiger charge is 1.89. The van der Waals surface area contributed by atoms with Crippen molar-refractivity contribution >= 4 is 15.9 Å². The van der Waals surface area contributed by atoms with Gasteiger partial charge in [-0.15, -0.1) is 0 Å². The van der Waals surface area contributed by atoms with Crippen LogP contribution in [0.4, 0.5) is 0 Å². The molecule has 0 N–H and O–H groups in total. The molecule has 2 heteroatoms. The molecule has 0 aliphatic rings. The summed E-state index contributed by atoms with van der Waals surface area (Å²) in [6.07, 6.45) is 3.60. The summed E-state index contributed by atoms with van der Waals surface area (Å²) in [5.74, 6) is 0.648. The van der Waals surface area contributed by atoms with Crippen molar-refractivity contribution in [1.29, 1.82) is 0 Å². The van der Waals surface area contributed by atoms with E-state index in [2.05, 4.69) is 29.1 Å². The average molecular weight is 203 g/mol. The maximum atomic E-state index is 4.84. The van der Waals surface area contributed by atoms with Gasteiger partial charge in [0.15, 0.2) is 0 Å². The lowest BCUT2D eigenvalue weighted by Crippen LogP contribution is -1.83. The van der Waals surface area contributed by atoms with Gasteiger partial charge < -0.3 is 4.74 Å². The van der Waals surface area contributed by atoms with Crippen molar-refractivity contribution in [3.8, 4) is 0 Å². The summed E-state index contributed by atoms with van der Waals surface area (Å²) >= 11 is 3.30. The molecule has 0 heterocycles. The van der Waals surface area contributed by atoms with E-state index < -0.39 is 0 Å². The van der Waals surface area contributed by atoms with Crippen LogP contribution in [0.2, 0.25) is 0 Å². The number of methoxy groups -OCH3 is 1. The quantitative estimate of drug-likeness (QED) is 0.387. The Balaban J connectivity index is 4.09. The lowest BCUT2D eigenvalue weighted by atomic mass is 10.3. The van der Waals surface area contributed by atoms with Gasteiger partial charge in [-0.3, -0.25) is 0 Å². The van der Waals surface area contributed by atoms with E-state index in [0.29, 0.717) is 5.76 Å². The van der Waals surface area contributed by atoms with Crippen LogP contribution >= 0.6 is 15.9 Å². The lowest BCUT2D eigenvalue weighted by Gasteiger charge is -1.98. The molecule has 0 bridgehead atoms. The van der Waals surface area contributed by atoms with Gasteiger partial charge >= 0.3 is 0 Å². The van der Waals surface area contributed by atoms with Crippen molar-refractivity contribution in [3.05, 3.63) is 36.6 Å². The van der Waals surface area contributed by atoms with Crippen molar-refractivity contribution in [2.75, 3.05) is 12.4 Å². The van der Waals surface area contributed by atoms with Crippen LogP contribution < -0.4 is 0 Å². The predicted octanol–water partition coefficient (Wildman–Crippen LogP) is 2.65. The van der Waals surface area contributed by atoms with Gasteiger partial charge in [0, 0.05) is 5.33 Å². The van der Waals surface area contributed by atoms with E-state index in [1.54, 1.807) is 13.2 Å². The molecule has 0 saturated heterocycles. The van der Waals surface area contributed by atoms with Gasteiger partial charge in [0.05, 0.1) is 7.11 Å². The van der Waals surface area contributed by atoms with Gasteiger partial charge in [0.2, 0.25) is 0 Å². The summed E-state index contributed by atoms with van der Waals surface area (Å²) in [7, 11) is 1.59. The van der Waals surface area contributed by atoms with Gasteiger partial charge in [-0.2, -0.15) is 0 Å². The molecule has 0 aromatic rings. The Labute approximate surface area is 70.2 Å². The topological polar surface area (TPSA) is 9.23 Å². The van der Waals surface area contributed by atoms with Crippen LogP contribution in [0.1, 0.15) is 0 Å². The van der Waals surface area contributed by atoms with E-state index in [0.717, 1.165) is 10.9 Å². The second-order valence-corrected chi connectivity index (χ2v) is 2.29. The van der Waals surface area contributed by atoms with E-state index >= 15 is 0 Å². The van der Waals surface area contributed by atoms with Crippen LogP contribution in [0, 0.1) is 0 Å². The fraction of sp³-hybridized carbons (Fsp3) is 0.250. The number of allylic oxidation sites excluding steroid dienone is 3. The van der Waals surface area contributed by atoms with Crippen LogP contribution in [0.15, 0.2) is 36.6 Å². The smallest absolute Gasteiger partial charge is 0.112 e. The van der Waals surface area contributed by atoms with Crippen molar-refractivity contribution in [3.63, 3.8) is 0 Å². The third kappa shape index (κ3) is 3.51. The zero-order chi connectivity index (χ0) is 7.98. The Hall–Kier alpha value is -0.500. The molecule has 0 saturated carbocycles. The SMILES string of the molecule is C=CC(=CC(=C)OC)CBr. The summed E-state index contributed by atoms with van der Waals surface area (Å²) in [5, 5.41) is 0.777. The fourth-order valence-corrected chi connectivity index (χ4v) is 0.809. The Morgan fingerprint density at radius 3 is 2.60 bits per heavy atom. The van der Waals surface area contributed by atoms with E-state index in [1.807, 2.05) is 6.08 Å². The molecule has 0 aromatic carbocycles. The second-order valence-electron chi connectivity index (χ2n) is 1.73. The number of rotatable bonds is 4. The van der Waals surface area contributed by atoms with Gasteiger partial charge in [-0.1, -0.05) is 35.2 Å². The first-order valence-corrected chi connectivity index (χ1v) is 3.98. The number of halogens is 1. The van der Waals surface area contributed by atoms with Crippen molar-refractivity contribution in [1.82, 2.24) is 0 Å². The van der Waals surface area contributed by atoms with Crippen molar-refractivity contribution in [2.24, 2.45) is 0 Å². The maximum absolute atomic E-state index is 4.84. The summed E-state index contributed by atoms with van der Waals surface area (Å²) < 4.78 is 4.84. The van der Waals surface area contributed by atoms with Crippen molar-refractivity contribution in [2.45, 2.75) is 0 Å². The number of ether oxygens (including phenoxy) is 1. The molecule has 10 heavy (non-hydrogen) atoms. The van der Waals surface area contributed by atoms with Crippen LogP contribution in [0.3, 0.4) is 0 Å². The second kappa shape index (κ2) is 5.30. The minimum atomic E-state index is 0.648. The fourth-order valence-electron chi connectivity index (χ4n) is 0.418. The molecule has 1 nitrogen and oxygen atoms in total. The van der Waals surface area contributed by atoms with Gasteiger partial charge in [0.25, 0.3) is 0 Å². The third-order valence-electron chi connectivity index (χ3n) is 1.03. The minimum absolute atomic E-state index is 0.648. The Kier molecular flexibility index (Phi) is 5.03. The van der Waals surface area contributed by atoms with Gasteiger partial charge in [0.1, 0.15) is 5.76 Å². The summed E-state index contributed by atoms with van der Waals surface area (Å²) in [5.41, 5.74) is 1.06.